The van der Waals surface area contributed by atoms with Crippen molar-refractivity contribution >= 4 is 34.4 Å². The van der Waals surface area contributed by atoms with Crippen LogP contribution in [0.25, 0.3) is 22.4 Å². The first-order valence-electron chi connectivity index (χ1n) is 10.2. The van der Waals surface area contributed by atoms with Crippen LogP contribution in [0.4, 0.5) is 5.69 Å². The number of nitrogens with one attached hydrogen (secondary N) is 1. The Balaban J connectivity index is 1.39. The van der Waals surface area contributed by atoms with Gasteiger partial charge in [0.2, 0.25) is 5.91 Å². The van der Waals surface area contributed by atoms with Gasteiger partial charge in [-0.15, -0.1) is 0 Å². The van der Waals surface area contributed by atoms with Gasteiger partial charge in [0.05, 0.1) is 23.0 Å². The number of carbonyl (C=O) groups is 1. The molecule has 5 rings (SSSR count). The quantitative estimate of drug-likeness (QED) is 0.362. The van der Waals surface area contributed by atoms with Crippen LogP contribution in [0, 0.1) is 6.92 Å². The molecule has 0 radical (unpaired) electrons. The van der Waals surface area contributed by atoms with Gasteiger partial charge in [0, 0.05) is 21.6 Å². The lowest BCUT2D eigenvalue weighted by molar-refractivity contribution is -0.116. The molecule has 0 aliphatic rings. The lowest BCUT2D eigenvalue weighted by Crippen LogP contribution is -2.20. The van der Waals surface area contributed by atoms with Gasteiger partial charge in [-0.3, -0.25) is 4.79 Å². The maximum Gasteiger partial charge on any atom is 0.246 e. The molecule has 1 amide bonds. The lowest BCUT2D eigenvalue weighted by Gasteiger charge is -2.11. The summed E-state index contributed by atoms with van der Waals surface area (Å²) in [5.74, 6) is 0.581. The van der Waals surface area contributed by atoms with Crippen molar-refractivity contribution in [2.45, 2.75) is 23.3 Å². The highest BCUT2D eigenvalue weighted by Gasteiger charge is 2.17. The van der Waals surface area contributed by atoms with Crippen molar-refractivity contribution in [3.63, 3.8) is 0 Å². The second-order valence-electron chi connectivity index (χ2n) is 7.24. The molecule has 0 aliphatic heterocycles. The number of rotatable bonds is 6. The topological polar surface area (TPSA) is 73.0 Å². The fourth-order valence-electron chi connectivity index (χ4n) is 3.63. The molecule has 6 nitrogen and oxygen atoms in total. The molecule has 3 heterocycles. The smallest absolute Gasteiger partial charge is 0.246 e. The van der Waals surface area contributed by atoms with Crippen molar-refractivity contribution in [3.8, 4) is 11.3 Å². The summed E-state index contributed by atoms with van der Waals surface area (Å²) >= 11 is 1.61. The summed E-state index contributed by atoms with van der Waals surface area (Å²) in [4.78, 5) is 19.5. The normalized spacial score (nSPS) is 11.0. The van der Waals surface area contributed by atoms with Gasteiger partial charge >= 0.3 is 0 Å². The number of para-hydroxylation sites is 1. The Morgan fingerprint density at radius 2 is 1.84 bits per heavy atom. The van der Waals surface area contributed by atoms with Gasteiger partial charge in [-0.05, 0) is 49.4 Å². The maximum atomic E-state index is 12.9. The third kappa shape index (κ3) is 4.02. The van der Waals surface area contributed by atoms with E-state index >= 15 is 0 Å². The molecule has 0 unspecified atom stereocenters. The number of hydrogen-bond donors (Lipinski definition) is 1. The fourth-order valence-corrected chi connectivity index (χ4v) is 4.55. The molecule has 7 heteroatoms. The molecule has 0 saturated heterocycles. The van der Waals surface area contributed by atoms with Gasteiger partial charge < -0.3 is 9.73 Å². The fraction of sp³-hybridized carbons (Fsp3) is 0.0800. The van der Waals surface area contributed by atoms with E-state index in [2.05, 4.69) is 15.4 Å². The molecule has 158 valence electrons. The Hall–Kier alpha value is -3.84. The first-order valence-corrected chi connectivity index (χ1v) is 11.0. The molecule has 2 aromatic carbocycles. The SMILES string of the molecule is Cc1nn(CC(=O)Nc2ccccc2Sc2ccccc2)c2nccc(-c3ccco3)c12. The number of benzene rings is 2. The van der Waals surface area contributed by atoms with Crippen LogP contribution in [0.1, 0.15) is 5.69 Å². The monoisotopic (exact) mass is 440 g/mol. The average Bonchev–Trinajstić information content (AvgIpc) is 3.45. The summed E-state index contributed by atoms with van der Waals surface area (Å²) in [6, 6.07) is 23.5. The highest BCUT2D eigenvalue weighted by atomic mass is 32.2. The largest absolute Gasteiger partial charge is 0.464 e. The van der Waals surface area contributed by atoms with Crippen LogP contribution in [0.3, 0.4) is 0 Å². The summed E-state index contributed by atoms with van der Waals surface area (Å²) in [6.45, 7) is 1.97. The Labute approximate surface area is 189 Å². The van der Waals surface area contributed by atoms with Gasteiger partial charge in [0.1, 0.15) is 12.3 Å². The molecular formula is C25H20N4O2S. The highest BCUT2D eigenvalue weighted by Crippen LogP contribution is 2.33. The number of amides is 1. The number of aromatic nitrogens is 3. The van der Waals surface area contributed by atoms with Gasteiger partial charge in [0.25, 0.3) is 0 Å². The Bertz CT molecular complexity index is 1380. The highest BCUT2D eigenvalue weighted by molar-refractivity contribution is 7.99. The molecule has 0 spiro atoms. The van der Waals surface area contributed by atoms with E-state index in [1.165, 1.54) is 0 Å². The molecule has 0 atom stereocenters. The second kappa shape index (κ2) is 8.72. The molecule has 0 saturated carbocycles. The third-order valence-electron chi connectivity index (χ3n) is 5.02. The Kier molecular flexibility index (Phi) is 5.47. The van der Waals surface area contributed by atoms with Crippen LogP contribution in [0.2, 0.25) is 0 Å². The number of furan rings is 1. The summed E-state index contributed by atoms with van der Waals surface area (Å²) in [5, 5.41) is 8.49. The summed E-state index contributed by atoms with van der Waals surface area (Å²) in [6.07, 6.45) is 3.35. The van der Waals surface area contributed by atoms with E-state index in [-0.39, 0.29) is 12.5 Å². The average molecular weight is 441 g/mol. The number of hydrogen-bond acceptors (Lipinski definition) is 5. The van der Waals surface area contributed by atoms with Gasteiger partial charge in [0.15, 0.2) is 5.65 Å². The van der Waals surface area contributed by atoms with E-state index in [0.717, 1.165) is 37.9 Å². The van der Waals surface area contributed by atoms with E-state index in [1.807, 2.05) is 79.7 Å². The standard InChI is InChI=1S/C25H20N4O2S/c1-17-24-19(21-11-7-15-31-21)13-14-26-25(24)29(28-17)16-23(30)27-20-10-5-6-12-22(20)32-18-8-3-2-4-9-18/h2-15H,16H2,1H3,(H,27,30). The Morgan fingerprint density at radius 3 is 2.66 bits per heavy atom. The van der Waals surface area contributed by atoms with E-state index in [0.29, 0.717) is 5.65 Å². The number of carbonyl (C=O) groups excluding carboxylic acids is 1. The van der Waals surface area contributed by atoms with Gasteiger partial charge in [-0.2, -0.15) is 5.10 Å². The number of anilines is 1. The molecule has 3 aromatic heterocycles. The first-order chi connectivity index (χ1) is 15.7. The van der Waals surface area contributed by atoms with Crippen molar-refractivity contribution in [2.24, 2.45) is 0 Å². The summed E-state index contributed by atoms with van der Waals surface area (Å²) in [7, 11) is 0. The molecule has 5 aromatic rings. The second-order valence-corrected chi connectivity index (χ2v) is 8.35. The van der Waals surface area contributed by atoms with Crippen molar-refractivity contribution < 1.29 is 9.21 Å². The third-order valence-corrected chi connectivity index (χ3v) is 6.10. The van der Waals surface area contributed by atoms with E-state index in [4.69, 9.17) is 4.42 Å². The van der Waals surface area contributed by atoms with Gasteiger partial charge in [-0.1, -0.05) is 42.1 Å². The summed E-state index contributed by atoms with van der Waals surface area (Å²) in [5.41, 5.74) is 3.13. The minimum Gasteiger partial charge on any atom is -0.464 e. The number of nitrogens with zero attached hydrogens (tertiary/aromatic N) is 3. The zero-order chi connectivity index (χ0) is 21.9. The minimum absolute atomic E-state index is 0.0588. The van der Waals surface area contributed by atoms with Crippen LogP contribution in [-0.4, -0.2) is 20.7 Å². The van der Waals surface area contributed by atoms with E-state index in [1.54, 1.807) is 28.9 Å². The maximum absolute atomic E-state index is 12.9. The van der Waals surface area contributed by atoms with Crippen LogP contribution in [0.5, 0.6) is 0 Å². The van der Waals surface area contributed by atoms with E-state index < -0.39 is 0 Å². The van der Waals surface area contributed by atoms with Crippen molar-refractivity contribution in [2.75, 3.05) is 5.32 Å². The minimum atomic E-state index is -0.166. The zero-order valence-electron chi connectivity index (χ0n) is 17.4. The molecule has 32 heavy (non-hydrogen) atoms. The Morgan fingerprint density at radius 1 is 1.03 bits per heavy atom. The predicted octanol–water partition coefficient (Wildman–Crippen LogP) is 5.79. The number of pyridine rings is 1. The summed E-state index contributed by atoms with van der Waals surface area (Å²) < 4.78 is 7.21. The first kappa shape index (κ1) is 20.1. The van der Waals surface area contributed by atoms with Crippen LogP contribution >= 0.6 is 11.8 Å². The van der Waals surface area contributed by atoms with Crippen LogP contribution < -0.4 is 5.32 Å². The number of aryl methyl sites for hydroxylation is 1. The van der Waals surface area contributed by atoms with Crippen LogP contribution in [0.15, 0.2) is 99.5 Å². The molecule has 0 bridgehead atoms. The zero-order valence-corrected chi connectivity index (χ0v) is 18.2. The molecule has 0 fully saturated rings. The van der Waals surface area contributed by atoms with Gasteiger partial charge in [-0.25, -0.2) is 9.67 Å². The van der Waals surface area contributed by atoms with Crippen LogP contribution in [-0.2, 0) is 11.3 Å². The van der Waals surface area contributed by atoms with Crippen molar-refractivity contribution in [1.29, 1.82) is 0 Å². The molecule has 0 aliphatic carbocycles. The molecule has 1 N–H and O–H groups in total. The van der Waals surface area contributed by atoms with E-state index in [9.17, 15) is 4.79 Å². The van der Waals surface area contributed by atoms with Crippen molar-refractivity contribution in [1.82, 2.24) is 14.8 Å². The molecular weight excluding hydrogens is 420 g/mol. The predicted molar refractivity (Wildman–Crippen MR) is 126 cm³/mol. The van der Waals surface area contributed by atoms with Crippen molar-refractivity contribution in [3.05, 3.63) is 91.0 Å². The number of fused-ring (bicyclic) bond motifs is 1. The lowest BCUT2D eigenvalue weighted by atomic mass is 10.1.